The predicted molar refractivity (Wildman–Crippen MR) is 72.3 cm³/mol. The SMILES string of the molecule is O=c1ccc(C(F)(F)F)cn1CCCOc1ccccc1. The average Bonchev–Trinajstić information content (AvgIpc) is 2.45. The molecule has 0 amide bonds. The lowest BCUT2D eigenvalue weighted by atomic mass is 10.2. The molecular formula is C15H14F3NO2. The van der Waals surface area contributed by atoms with Crippen molar-refractivity contribution in [2.75, 3.05) is 6.61 Å². The maximum absolute atomic E-state index is 12.6. The first-order valence-electron chi connectivity index (χ1n) is 6.42. The molecule has 2 aromatic rings. The molecule has 0 unspecified atom stereocenters. The molecule has 2 rings (SSSR count). The van der Waals surface area contributed by atoms with Gasteiger partial charge in [-0.3, -0.25) is 4.79 Å². The fraction of sp³-hybridized carbons (Fsp3) is 0.267. The summed E-state index contributed by atoms with van der Waals surface area (Å²) in [6.45, 7) is 0.502. The Labute approximate surface area is 119 Å². The van der Waals surface area contributed by atoms with Crippen LogP contribution in [0.5, 0.6) is 5.75 Å². The van der Waals surface area contributed by atoms with Gasteiger partial charge in [-0.05, 0) is 24.6 Å². The normalized spacial score (nSPS) is 11.4. The first kappa shape index (κ1) is 15.2. The van der Waals surface area contributed by atoms with Gasteiger partial charge in [0.1, 0.15) is 5.75 Å². The van der Waals surface area contributed by atoms with Crippen LogP contribution in [0.3, 0.4) is 0 Å². The van der Waals surface area contributed by atoms with Crippen LogP contribution in [0.1, 0.15) is 12.0 Å². The Morgan fingerprint density at radius 1 is 1.05 bits per heavy atom. The van der Waals surface area contributed by atoms with Gasteiger partial charge >= 0.3 is 6.18 Å². The molecular weight excluding hydrogens is 283 g/mol. The van der Waals surface area contributed by atoms with E-state index in [0.29, 0.717) is 18.8 Å². The predicted octanol–water partition coefficient (Wildman–Crippen LogP) is 3.34. The van der Waals surface area contributed by atoms with Crippen LogP contribution < -0.4 is 10.3 Å². The topological polar surface area (TPSA) is 31.2 Å². The molecule has 0 aliphatic rings. The van der Waals surface area contributed by atoms with Crippen LogP contribution in [-0.2, 0) is 12.7 Å². The van der Waals surface area contributed by atoms with E-state index in [1.165, 1.54) is 0 Å². The quantitative estimate of drug-likeness (QED) is 0.793. The molecule has 0 saturated heterocycles. The summed E-state index contributed by atoms with van der Waals surface area (Å²) in [5.41, 5.74) is -1.28. The van der Waals surface area contributed by atoms with E-state index < -0.39 is 17.3 Å². The molecule has 1 aromatic carbocycles. The second-order valence-electron chi connectivity index (χ2n) is 4.46. The molecule has 0 aliphatic carbocycles. The number of aromatic nitrogens is 1. The van der Waals surface area contributed by atoms with Gasteiger partial charge in [0.2, 0.25) is 0 Å². The van der Waals surface area contributed by atoms with Crippen molar-refractivity contribution in [2.24, 2.45) is 0 Å². The number of ether oxygens (including phenoxy) is 1. The number of rotatable bonds is 5. The molecule has 0 fully saturated rings. The Bertz CT molecular complexity index is 635. The van der Waals surface area contributed by atoms with Crippen molar-refractivity contribution in [1.82, 2.24) is 4.57 Å². The fourth-order valence-corrected chi connectivity index (χ4v) is 1.82. The molecule has 0 radical (unpaired) electrons. The number of hydrogen-bond donors (Lipinski definition) is 0. The number of halogens is 3. The number of para-hydroxylation sites is 1. The van der Waals surface area contributed by atoms with E-state index in [9.17, 15) is 18.0 Å². The summed E-state index contributed by atoms with van der Waals surface area (Å²) in [7, 11) is 0. The van der Waals surface area contributed by atoms with E-state index >= 15 is 0 Å². The van der Waals surface area contributed by atoms with Gasteiger partial charge < -0.3 is 9.30 Å². The lowest BCUT2D eigenvalue weighted by molar-refractivity contribution is -0.138. The standard InChI is InChI=1S/C15H14F3NO2/c16-15(17,18)12-7-8-14(20)19(11-12)9-4-10-21-13-5-2-1-3-6-13/h1-3,5-8,11H,4,9-10H2. The zero-order valence-corrected chi connectivity index (χ0v) is 11.1. The van der Waals surface area contributed by atoms with Gasteiger partial charge in [0.15, 0.2) is 0 Å². The molecule has 0 spiro atoms. The summed E-state index contributed by atoms with van der Waals surface area (Å²) >= 11 is 0. The van der Waals surface area contributed by atoms with E-state index in [1.807, 2.05) is 18.2 Å². The molecule has 6 heteroatoms. The highest BCUT2D eigenvalue weighted by molar-refractivity contribution is 5.20. The van der Waals surface area contributed by atoms with Crippen molar-refractivity contribution in [1.29, 1.82) is 0 Å². The maximum Gasteiger partial charge on any atom is 0.417 e. The monoisotopic (exact) mass is 297 g/mol. The Hall–Kier alpha value is -2.24. The third kappa shape index (κ3) is 4.37. The lowest BCUT2D eigenvalue weighted by Gasteiger charge is -2.11. The summed E-state index contributed by atoms with van der Waals surface area (Å²) in [5.74, 6) is 0.689. The van der Waals surface area contributed by atoms with Gasteiger partial charge in [0.25, 0.3) is 5.56 Å². The van der Waals surface area contributed by atoms with Gasteiger partial charge in [-0.15, -0.1) is 0 Å². The van der Waals surface area contributed by atoms with Crippen LogP contribution >= 0.6 is 0 Å². The molecule has 0 saturated carbocycles. The summed E-state index contributed by atoms with van der Waals surface area (Å²) < 4.78 is 44.2. The van der Waals surface area contributed by atoms with Crippen molar-refractivity contribution in [3.05, 3.63) is 64.6 Å². The number of pyridine rings is 1. The first-order valence-corrected chi connectivity index (χ1v) is 6.42. The van der Waals surface area contributed by atoms with Crippen molar-refractivity contribution in [3.8, 4) is 5.75 Å². The van der Waals surface area contributed by atoms with E-state index in [2.05, 4.69) is 0 Å². The van der Waals surface area contributed by atoms with Crippen LogP contribution in [0.4, 0.5) is 13.2 Å². The largest absolute Gasteiger partial charge is 0.494 e. The second-order valence-corrected chi connectivity index (χ2v) is 4.46. The molecule has 0 N–H and O–H groups in total. The fourth-order valence-electron chi connectivity index (χ4n) is 1.82. The van der Waals surface area contributed by atoms with E-state index in [0.717, 1.165) is 22.9 Å². The van der Waals surface area contributed by atoms with Gasteiger partial charge in [-0.1, -0.05) is 18.2 Å². The molecule has 3 nitrogen and oxygen atoms in total. The van der Waals surface area contributed by atoms with Crippen molar-refractivity contribution in [3.63, 3.8) is 0 Å². The third-order valence-corrected chi connectivity index (χ3v) is 2.87. The maximum atomic E-state index is 12.6. The zero-order chi connectivity index (χ0) is 15.3. The molecule has 112 valence electrons. The molecule has 0 aliphatic heterocycles. The van der Waals surface area contributed by atoms with Gasteiger partial charge in [0.05, 0.1) is 12.2 Å². The van der Waals surface area contributed by atoms with Crippen LogP contribution in [0, 0.1) is 0 Å². The number of benzene rings is 1. The molecule has 1 heterocycles. The Kier molecular flexibility index (Phi) is 4.67. The van der Waals surface area contributed by atoms with E-state index in [4.69, 9.17) is 4.74 Å². The number of nitrogens with zero attached hydrogens (tertiary/aromatic N) is 1. The highest BCUT2D eigenvalue weighted by Crippen LogP contribution is 2.28. The highest BCUT2D eigenvalue weighted by Gasteiger charge is 2.30. The second kappa shape index (κ2) is 6.47. The van der Waals surface area contributed by atoms with E-state index in [-0.39, 0.29) is 6.54 Å². The number of aryl methyl sites for hydroxylation is 1. The lowest BCUT2D eigenvalue weighted by Crippen LogP contribution is -2.22. The van der Waals surface area contributed by atoms with Crippen LogP contribution in [-0.4, -0.2) is 11.2 Å². The number of hydrogen-bond acceptors (Lipinski definition) is 2. The van der Waals surface area contributed by atoms with Crippen molar-refractivity contribution >= 4 is 0 Å². The molecule has 1 aromatic heterocycles. The molecule has 0 bridgehead atoms. The summed E-state index contributed by atoms with van der Waals surface area (Å²) in [6, 6.07) is 10.8. The van der Waals surface area contributed by atoms with Crippen LogP contribution in [0.15, 0.2) is 53.5 Å². The Morgan fingerprint density at radius 2 is 1.76 bits per heavy atom. The molecule has 0 atom stereocenters. The van der Waals surface area contributed by atoms with Gasteiger partial charge in [-0.25, -0.2) is 0 Å². The van der Waals surface area contributed by atoms with Crippen molar-refractivity contribution in [2.45, 2.75) is 19.1 Å². The summed E-state index contributed by atoms with van der Waals surface area (Å²) in [6.07, 6.45) is -3.17. The third-order valence-electron chi connectivity index (χ3n) is 2.87. The minimum atomic E-state index is -4.45. The van der Waals surface area contributed by atoms with Gasteiger partial charge in [0, 0.05) is 18.8 Å². The minimum absolute atomic E-state index is 0.176. The van der Waals surface area contributed by atoms with Crippen LogP contribution in [0.2, 0.25) is 0 Å². The van der Waals surface area contributed by atoms with Gasteiger partial charge in [-0.2, -0.15) is 13.2 Å². The Balaban J connectivity index is 1.92. The first-order chi connectivity index (χ1) is 9.97. The van der Waals surface area contributed by atoms with Crippen LogP contribution in [0.25, 0.3) is 0 Å². The zero-order valence-electron chi connectivity index (χ0n) is 11.1. The van der Waals surface area contributed by atoms with E-state index in [1.54, 1.807) is 12.1 Å². The summed E-state index contributed by atoms with van der Waals surface area (Å²) in [5, 5.41) is 0. The number of alkyl halides is 3. The average molecular weight is 297 g/mol. The smallest absolute Gasteiger partial charge is 0.417 e. The minimum Gasteiger partial charge on any atom is -0.494 e. The summed E-state index contributed by atoms with van der Waals surface area (Å²) in [4.78, 5) is 11.5. The van der Waals surface area contributed by atoms with Crippen molar-refractivity contribution < 1.29 is 17.9 Å². The highest BCUT2D eigenvalue weighted by atomic mass is 19.4. The Morgan fingerprint density at radius 3 is 2.43 bits per heavy atom. The molecule has 21 heavy (non-hydrogen) atoms.